The van der Waals surface area contributed by atoms with Crippen molar-refractivity contribution in [3.05, 3.63) is 65.3 Å². The van der Waals surface area contributed by atoms with E-state index in [1.54, 1.807) is 0 Å². The molecule has 0 amide bonds. The van der Waals surface area contributed by atoms with E-state index in [0.29, 0.717) is 0 Å². The smallest absolute Gasteiger partial charge is 0.143 e. The second-order valence-corrected chi connectivity index (χ2v) is 7.34. The third kappa shape index (κ3) is 2.93. The average molecular weight is 374 g/mol. The molecule has 0 bridgehead atoms. The number of hydrogen-bond donors (Lipinski definition) is 1. The van der Waals surface area contributed by atoms with Gasteiger partial charge < -0.3 is 4.52 Å². The zero-order chi connectivity index (χ0) is 19.1. The van der Waals surface area contributed by atoms with Gasteiger partial charge in [-0.1, -0.05) is 35.5 Å². The summed E-state index contributed by atoms with van der Waals surface area (Å²) in [5, 5.41) is 16.5. The van der Waals surface area contributed by atoms with Gasteiger partial charge in [-0.3, -0.25) is 14.7 Å². The fraction of sp³-hybridized carbons (Fsp3) is 0.286. The number of H-pyrrole nitrogens is 1. The Morgan fingerprint density at radius 3 is 2.82 bits per heavy atom. The van der Waals surface area contributed by atoms with Gasteiger partial charge in [-0.05, 0) is 6.92 Å². The second kappa shape index (κ2) is 6.76. The van der Waals surface area contributed by atoms with E-state index >= 15 is 0 Å². The summed E-state index contributed by atoms with van der Waals surface area (Å²) in [6.07, 6.45) is 4.96. The van der Waals surface area contributed by atoms with E-state index in [4.69, 9.17) is 4.52 Å². The number of nitrogens with zero attached hydrogens (tertiary/aromatic N) is 5. The van der Waals surface area contributed by atoms with Gasteiger partial charge in [0.15, 0.2) is 0 Å². The number of hydrogen-bond acceptors (Lipinski definition) is 5. The van der Waals surface area contributed by atoms with Crippen LogP contribution in [0.2, 0.25) is 0 Å². The van der Waals surface area contributed by atoms with Crippen molar-refractivity contribution < 1.29 is 4.52 Å². The van der Waals surface area contributed by atoms with Crippen LogP contribution in [0.4, 0.5) is 0 Å². The van der Waals surface area contributed by atoms with Crippen molar-refractivity contribution in [1.82, 2.24) is 30.0 Å². The molecule has 142 valence electrons. The van der Waals surface area contributed by atoms with Crippen molar-refractivity contribution in [1.29, 1.82) is 0 Å². The molecule has 7 nitrogen and oxygen atoms in total. The lowest BCUT2D eigenvalue weighted by Crippen LogP contribution is -2.29. The summed E-state index contributed by atoms with van der Waals surface area (Å²) in [7, 11) is 1.95. The van der Waals surface area contributed by atoms with Gasteiger partial charge in [0.25, 0.3) is 0 Å². The first-order valence-electron chi connectivity index (χ1n) is 9.47. The summed E-state index contributed by atoms with van der Waals surface area (Å²) in [5.41, 5.74) is 7.47. The van der Waals surface area contributed by atoms with E-state index in [1.807, 2.05) is 43.0 Å². The lowest BCUT2D eigenvalue weighted by Gasteiger charge is -2.26. The molecule has 1 aliphatic heterocycles. The van der Waals surface area contributed by atoms with Crippen molar-refractivity contribution in [2.75, 3.05) is 6.54 Å². The second-order valence-electron chi connectivity index (χ2n) is 7.34. The van der Waals surface area contributed by atoms with Crippen molar-refractivity contribution in [3.8, 4) is 22.5 Å². The molecule has 0 spiro atoms. The van der Waals surface area contributed by atoms with Crippen LogP contribution in [0.1, 0.15) is 22.6 Å². The molecule has 4 aromatic rings. The maximum atomic E-state index is 5.56. The van der Waals surface area contributed by atoms with Gasteiger partial charge in [0, 0.05) is 61.7 Å². The SMILES string of the molecule is Cc1onc(-c2ccccc2)c1-c1n[nH]c2c1CN(Cc1cnn(C)c1)CC2. The zero-order valence-corrected chi connectivity index (χ0v) is 16.0. The first-order valence-corrected chi connectivity index (χ1v) is 9.47. The molecule has 1 aliphatic rings. The lowest BCUT2D eigenvalue weighted by molar-refractivity contribution is 0.245. The molecule has 0 atom stereocenters. The molecule has 1 aromatic carbocycles. The average Bonchev–Trinajstić information content (AvgIpc) is 3.41. The van der Waals surface area contributed by atoms with E-state index in [9.17, 15) is 0 Å². The van der Waals surface area contributed by atoms with Gasteiger partial charge in [-0.15, -0.1) is 0 Å². The minimum Gasteiger partial charge on any atom is -0.360 e. The molecule has 4 heterocycles. The molecule has 5 rings (SSSR count). The van der Waals surface area contributed by atoms with Crippen LogP contribution in [0, 0.1) is 6.92 Å². The van der Waals surface area contributed by atoms with Gasteiger partial charge in [-0.2, -0.15) is 10.2 Å². The Morgan fingerprint density at radius 1 is 1.18 bits per heavy atom. The van der Waals surface area contributed by atoms with Crippen LogP contribution in [-0.2, 0) is 26.6 Å². The molecule has 0 saturated carbocycles. The highest BCUT2D eigenvalue weighted by Gasteiger charge is 2.27. The largest absolute Gasteiger partial charge is 0.360 e. The van der Waals surface area contributed by atoms with Crippen LogP contribution < -0.4 is 0 Å². The summed E-state index contributed by atoms with van der Waals surface area (Å²) >= 11 is 0. The molecule has 0 fully saturated rings. The molecule has 3 aromatic heterocycles. The minimum atomic E-state index is 0.789. The Morgan fingerprint density at radius 2 is 2.04 bits per heavy atom. The van der Waals surface area contributed by atoms with E-state index in [-0.39, 0.29) is 0 Å². The minimum absolute atomic E-state index is 0.789. The third-order valence-electron chi connectivity index (χ3n) is 5.32. The third-order valence-corrected chi connectivity index (χ3v) is 5.32. The predicted octanol–water partition coefficient (Wildman–Crippen LogP) is 3.33. The highest BCUT2D eigenvalue weighted by atomic mass is 16.5. The van der Waals surface area contributed by atoms with Crippen LogP contribution in [0.25, 0.3) is 22.5 Å². The van der Waals surface area contributed by atoms with Crippen LogP contribution in [-0.4, -0.2) is 36.6 Å². The molecule has 28 heavy (non-hydrogen) atoms. The van der Waals surface area contributed by atoms with Crippen molar-refractivity contribution in [2.24, 2.45) is 7.05 Å². The van der Waals surface area contributed by atoms with Gasteiger partial charge in [-0.25, -0.2) is 0 Å². The highest BCUT2D eigenvalue weighted by molar-refractivity contribution is 5.81. The van der Waals surface area contributed by atoms with E-state index in [0.717, 1.165) is 54.3 Å². The summed E-state index contributed by atoms with van der Waals surface area (Å²) in [6, 6.07) is 10.1. The zero-order valence-electron chi connectivity index (χ0n) is 16.0. The Bertz CT molecular complexity index is 1110. The summed E-state index contributed by atoms with van der Waals surface area (Å²) < 4.78 is 7.41. The molecule has 0 aliphatic carbocycles. The van der Waals surface area contributed by atoms with Gasteiger partial charge in [0.2, 0.25) is 0 Å². The summed E-state index contributed by atoms with van der Waals surface area (Å²) in [6.45, 7) is 4.67. The molecular weight excluding hydrogens is 352 g/mol. The monoisotopic (exact) mass is 374 g/mol. The van der Waals surface area contributed by atoms with Gasteiger partial charge in [0.1, 0.15) is 17.1 Å². The topological polar surface area (TPSA) is 75.8 Å². The van der Waals surface area contributed by atoms with Crippen LogP contribution >= 0.6 is 0 Å². The number of nitrogens with one attached hydrogen (secondary N) is 1. The number of benzene rings is 1. The molecule has 7 heteroatoms. The van der Waals surface area contributed by atoms with Crippen molar-refractivity contribution >= 4 is 0 Å². The maximum absolute atomic E-state index is 5.56. The Labute approximate surface area is 163 Å². The van der Waals surface area contributed by atoms with Crippen LogP contribution in [0.15, 0.2) is 47.2 Å². The van der Waals surface area contributed by atoms with E-state index in [2.05, 4.69) is 43.7 Å². The molecule has 0 radical (unpaired) electrons. The Kier molecular flexibility index (Phi) is 4.09. The Balaban J connectivity index is 1.50. The van der Waals surface area contributed by atoms with Crippen molar-refractivity contribution in [3.63, 3.8) is 0 Å². The number of aromatic amines is 1. The highest BCUT2D eigenvalue weighted by Crippen LogP contribution is 2.37. The number of aromatic nitrogens is 5. The lowest BCUT2D eigenvalue weighted by atomic mass is 9.97. The first-order chi connectivity index (χ1) is 13.7. The van der Waals surface area contributed by atoms with E-state index in [1.165, 1.54) is 16.8 Å². The first kappa shape index (κ1) is 16.9. The summed E-state index contributed by atoms with van der Waals surface area (Å²) in [5.74, 6) is 0.789. The van der Waals surface area contributed by atoms with Gasteiger partial charge in [0.05, 0.1) is 11.8 Å². The molecular formula is C21H22N6O. The quantitative estimate of drug-likeness (QED) is 0.593. The van der Waals surface area contributed by atoms with Crippen LogP contribution in [0.3, 0.4) is 0 Å². The predicted molar refractivity (Wildman–Crippen MR) is 105 cm³/mol. The standard InChI is InChI=1S/C21H22N6O/c1-14-19(20(25-28-14)16-6-4-3-5-7-16)21-17-13-27(9-8-18(17)23-24-21)12-15-10-22-26(2)11-15/h3-7,10-11H,8-9,12-13H2,1-2H3,(H,23,24). The molecule has 1 N–H and O–H groups in total. The molecule has 0 unspecified atom stereocenters. The normalized spacial score (nSPS) is 14.4. The number of fused-ring (bicyclic) bond motifs is 1. The fourth-order valence-electron chi connectivity index (χ4n) is 3.95. The van der Waals surface area contributed by atoms with Crippen molar-refractivity contribution in [2.45, 2.75) is 26.4 Å². The Hall–Kier alpha value is -3.19. The van der Waals surface area contributed by atoms with E-state index < -0.39 is 0 Å². The summed E-state index contributed by atoms with van der Waals surface area (Å²) in [4.78, 5) is 2.43. The molecule has 0 saturated heterocycles. The number of aryl methyl sites for hydroxylation is 2. The van der Waals surface area contributed by atoms with Crippen LogP contribution in [0.5, 0.6) is 0 Å². The fourth-order valence-corrected chi connectivity index (χ4v) is 3.95. The van der Waals surface area contributed by atoms with Gasteiger partial charge >= 0.3 is 0 Å². The maximum Gasteiger partial charge on any atom is 0.143 e. The number of rotatable bonds is 4.